The van der Waals surface area contributed by atoms with Gasteiger partial charge in [0.25, 0.3) is 15.9 Å². The van der Waals surface area contributed by atoms with Crippen LogP contribution < -0.4 is 9.73 Å². The summed E-state index contributed by atoms with van der Waals surface area (Å²) in [6, 6.07) is 25.6. The van der Waals surface area contributed by atoms with Crippen molar-refractivity contribution in [2.75, 3.05) is 4.31 Å². The molecule has 4 aromatic carbocycles. The van der Waals surface area contributed by atoms with Crippen LogP contribution in [0.5, 0.6) is 0 Å². The second kappa shape index (κ2) is 9.28. The highest BCUT2D eigenvalue weighted by molar-refractivity contribution is 7.93. The highest BCUT2D eigenvalue weighted by Crippen LogP contribution is 2.42. The summed E-state index contributed by atoms with van der Waals surface area (Å²) in [5.41, 5.74) is 6.99. The van der Waals surface area contributed by atoms with Gasteiger partial charge in [0.2, 0.25) is 0 Å². The number of rotatable bonds is 6. The van der Waals surface area contributed by atoms with Crippen molar-refractivity contribution in [2.24, 2.45) is 5.10 Å². The Hall–Kier alpha value is -4.76. The first-order valence-corrected chi connectivity index (χ1v) is 13.4. The van der Waals surface area contributed by atoms with Crippen molar-refractivity contribution in [1.29, 1.82) is 0 Å². The molecule has 0 unspecified atom stereocenters. The number of nitrogens with one attached hydrogen (secondary N) is 1. The maximum atomic E-state index is 13.2. The average molecular weight is 522 g/mol. The van der Waals surface area contributed by atoms with Crippen LogP contribution in [-0.4, -0.2) is 29.6 Å². The number of amides is 1. The lowest BCUT2D eigenvalue weighted by Crippen LogP contribution is -2.26. The molecule has 8 nitrogen and oxygen atoms in total. The van der Waals surface area contributed by atoms with Gasteiger partial charge in [0, 0.05) is 29.0 Å². The second-order valence-corrected chi connectivity index (χ2v) is 10.8. The third-order valence-electron chi connectivity index (χ3n) is 6.64. The summed E-state index contributed by atoms with van der Waals surface area (Å²) in [5.74, 6) is -0.350. The Morgan fingerprint density at radius 3 is 2.34 bits per heavy atom. The van der Waals surface area contributed by atoms with Crippen molar-refractivity contribution in [3.8, 4) is 5.69 Å². The van der Waals surface area contributed by atoms with Crippen molar-refractivity contribution in [3.63, 3.8) is 0 Å². The van der Waals surface area contributed by atoms with Gasteiger partial charge in [-0.1, -0.05) is 48.5 Å². The zero-order valence-corrected chi connectivity index (χ0v) is 21.3. The zero-order chi connectivity index (χ0) is 26.3. The van der Waals surface area contributed by atoms with Gasteiger partial charge in [-0.2, -0.15) is 5.10 Å². The number of aromatic nitrogens is 2. The van der Waals surface area contributed by atoms with E-state index in [9.17, 15) is 13.2 Å². The summed E-state index contributed by atoms with van der Waals surface area (Å²) in [4.78, 5) is 17.1. The predicted molar refractivity (Wildman–Crippen MR) is 147 cm³/mol. The van der Waals surface area contributed by atoms with Crippen LogP contribution in [-0.2, 0) is 16.6 Å². The summed E-state index contributed by atoms with van der Waals surface area (Å²) < 4.78 is 29.8. The number of carbonyl (C=O) groups excluding carboxylic acids is 1. The molecule has 6 rings (SSSR count). The van der Waals surface area contributed by atoms with Crippen LogP contribution in [0.1, 0.15) is 28.4 Å². The molecular weight excluding hydrogens is 498 g/mol. The Bertz CT molecular complexity index is 1790. The van der Waals surface area contributed by atoms with Gasteiger partial charge in [-0.05, 0) is 59.8 Å². The standard InChI is InChI=1S/C29H23N5O3S/c1-20(22-12-14-25(15-13-22)33-17-16-30-19-33)31-32-29(35)24-10-8-21(9-11-24)18-34-26-6-2-4-23-5-3-7-27(28(23)26)38(34,36)37/h2-17,19H,18H2,1H3,(H,32,35). The molecule has 38 heavy (non-hydrogen) atoms. The van der Waals surface area contributed by atoms with Crippen LogP contribution in [0.25, 0.3) is 16.5 Å². The number of nitrogens with zero attached hydrogens (tertiary/aromatic N) is 4. The van der Waals surface area contributed by atoms with E-state index in [0.717, 1.165) is 27.6 Å². The first-order valence-electron chi connectivity index (χ1n) is 12.0. The normalized spacial score (nSPS) is 14.1. The number of sulfonamides is 1. The molecule has 0 fully saturated rings. The minimum atomic E-state index is -3.65. The Kier molecular flexibility index (Phi) is 5.77. The molecule has 1 N–H and O–H groups in total. The van der Waals surface area contributed by atoms with E-state index in [4.69, 9.17) is 0 Å². The van der Waals surface area contributed by atoms with Crippen LogP contribution in [0, 0.1) is 0 Å². The van der Waals surface area contributed by atoms with Crippen molar-refractivity contribution in [1.82, 2.24) is 15.0 Å². The number of anilines is 1. The van der Waals surface area contributed by atoms with E-state index in [1.165, 1.54) is 4.31 Å². The lowest BCUT2D eigenvalue weighted by atomic mass is 10.1. The average Bonchev–Trinajstić information content (AvgIpc) is 3.56. The van der Waals surface area contributed by atoms with Gasteiger partial charge in [-0.15, -0.1) is 0 Å². The van der Waals surface area contributed by atoms with Crippen molar-refractivity contribution >= 4 is 38.1 Å². The van der Waals surface area contributed by atoms with E-state index < -0.39 is 10.0 Å². The largest absolute Gasteiger partial charge is 0.306 e. The van der Waals surface area contributed by atoms with E-state index in [-0.39, 0.29) is 12.5 Å². The fraction of sp³-hybridized carbons (Fsp3) is 0.0690. The number of hydrogen-bond acceptors (Lipinski definition) is 5. The topological polar surface area (TPSA) is 96.7 Å². The molecule has 0 saturated carbocycles. The predicted octanol–water partition coefficient (Wildman–Crippen LogP) is 4.89. The molecule has 5 aromatic rings. The molecule has 0 saturated heterocycles. The molecule has 188 valence electrons. The third-order valence-corrected chi connectivity index (χ3v) is 8.44. The van der Waals surface area contributed by atoms with Gasteiger partial charge in [0.05, 0.1) is 29.2 Å². The molecule has 0 aliphatic carbocycles. The van der Waals surface area contributed by atoms with Crippen LogP contribution in [0.3, 0.4) is 0 Å². The monoisotopic (exact) mass is 521 g/mol. The van der Waals surface area contributed by atoms with E-state index in [1.807, 2.05) is 66.2 Å². The van der Waals surface area contributed by atoms with Crippen LogP contribution in [0.15, 0.2) is 114 Å². The number of benzene rings is 4. The quantitative estimate of drug-likeness (QED) is 0.254. The Morgan fingerprint density at radius 2 is 1.63 bits per heavy atom. The van der Waals surface area contributed by atoms with Crippen molar-refractivity contribution in [2.45, 2.75) is 18.4 Å². The fourth-order valence-electron chi connectivity index (χ4n) is 4.61. The van der Waals surface area contributed by atoms with E-state index in [1.54, 1.807) is 48.9 Å². The first kappa shape index (κ1) is 23.6. The Labute approximate surface area is 219 Å². The summed E-state index contributed by atoms with van der Waals surface area (Å²) in [6.07, 6.45) is 5.31. The van der Waals surface area contributed by atoms with E-state index >= 15 is 0 Å². The Morgan fingerprint density at radius 1 is 0.921 bits per heavy atom. The highest BCUT2D eigenvalue weighted by Gasteiger charge is 2.35. The van der Waals surface area contributed by atoms with Crippen LogP contribution in [0.4, 0.5) is 5.69 Å². The van der Waals surface area contributed by atoms with Gasteiger partial charge in [0.1, 0.15) is 0 Å². The zero-order valence-electron chi connectivity index (χ0n) is 20.4. The second-order valence-electron chi connectivity index (χ2n) is 8.99. The third kappa shape index (κ3) is 4.12. The molecule has 1 amide bonds. The van der Waals surface area contributed by atoms with Gasteiger partial charge in [-0.3, -0.25) is 9.10 Å². The number of hydrogen-bond donors (Lipinski definition) is 1. The molecule has 9 heteroatoms. The summed E-state index contributed by atoms with van der Waals surface area (Å²) in [5, 5.41) is 5.88. The molecular formula is C29H23N5O3S. The lowest BCUT2D eigenvalue weighted by molar-refractivity contribution is 0.0955. The van der Waals surface area contributed by atoms with Crippen LogP contribution >= 0.6 is 0 Å². The molecule has 2 heterocycles. The van der Waals surface area contributed by atoms with Crippen molar-refractivity contribution < 1.29 is 13.2 Å². The molecule has 0 atom stereocenters. The maximum Gasteiger partial charge on any atom is 0.271 e. The Balaban J connectivity index is 1.14. The molecule has 0 bridgehead atoms. The van der Waals surface area contributed by atoms with Gasteiger partial charge in [-0.25, -0.2) is 18.8 Å². The number of hydrazone groups is 1. The fourth-order valence-corrected chi connectivity index (χ4v) is 6.30. The number of imidazole rings is 1. The summed E-state index contributed by atoms with van der Waals surface area (Å²) in [6.45, 7) is 2.00. The van der Waals surface area contributed by atoms with Gasteiger partial charge >= 0.3 is 0 Å². The molecule has 1 aliphatic heterocycles. The van der Waals surface area contributed by atoms with Gasteiger partial charge < -0.3 is 4.57 Å². The van der Waals surface area contributed by atoms with E-state index in [0.29, 0.717) is 21.9 Å². The lowest BCUT2D eigenvalue weighted by Gasteiger charge is -2.19. The minimum absolute atomic E-state index is 0.171. The summed E-state index contributed by atoms with van der Waals surface area (Å²) >= 11 is 0. The smallest absolute Gasteiger partial charge is 0.271 e. The number of carbonyl (C=O) groups is 1. The van der Waals surface area contributed by atoms with Gasteiger partial charge in [0.15, 0.2) is 0 Å². The minimum Gasteiger partial charge on any atom is -0.306 e. The molecule has 1 aromatic heterocycles. The molecule has 1 aliphatic rings. The highest BCUT2D eigenvalue weighted by atomic mass is 32.2. The van der Waals surface area contributed by atoms with Crippen molar-refractivity contribution in [3.05, 3.63) is 120 Å². The summed E-state index contributed by atoms with van der Waals surface area (Å²) in [7, 11) is -3.65. The van der Waals surface area contributed by atoms with Crippen LogP contribution in [0.2, 0.25) is 0 Å². The molecule has 0 radical (unpaired) electrons. The molecule has 0 spiro atoms. The van der Waals surface area contributed by atoms with E-state index in [2.05, 4.69) is 15.5 Å². The first-order chi connectivity index (χ1) is 18.4. The SMILES string of the molecule is CC(=NNC(=O)c1ccc(CN2c3cccc4cccc(c34)S2(=O)=O)cc1)c1ccc(-n2ccnc2)cc1. The maximum absolute atomic E-state index is 13.2.